The third-order valence-corrected chi connectivity index (χ3v) is 3.82. The van der Waals surface area contributed by atoms with Gasteiger partial charge in [0.25, 0.3) is 5.91 Å². The molecular formula is C19H17FN4O. The van der Waals surface area contributed by atoms with E-state index in [0.29, 0.717) is 5.56 Å². The molecule has 0 aliphatic carbocycles. The van der Waals surface area contributed by atoms with Gasteiger partial charge in [-0.05, 0) is 56.3 Å². The van der Waals surface area contributed by atoms with E-state index in [1.165, 1.54) is 24.3 Å². The van der Waals surface area contributed by atoms with Crippen LogP contribution in [0.4, 0.5) is 4.39 Å². The molecule has 1 amide bonds. The van der Waals surface area contributed by atoms with E-state index in [1.807, 2.05) is 42.7 Å². The first-order valence-corrected chi connectivity index (χ1v) is 7.75. The number of hydrogen-bond donors (Lipinski definition) is 1. The van der Waals surface area contributed by atoms with Gasteiger partial charge in [-0.25, -0.2) is 14.8 Å². The highest BCUT2D eigenvalue weighted by Crippen LogP contribution is 2.17. The third-order valence-electron chi connectivity index (χ3n) is 3.82. The molecule has 2 aromatic heterocycles. The molecule has 0 fully saturated rings. The Labute approximate surface area is 144 Å². The van der Waals surface area contributed by atoms with Crippen LogP contribution in [0, 0.1) is 19.7 Å². The predicted octanol–water partition coefficient (Wildman–Crippen LogP) is 3.39. The molecule has 0 aliphatic rings. The number of halogens is 1. The lowest BCUT2D eigenvalue weighted by atomic mass is 10.2. The molecule has 0 aliphatic heterocycles. The van der Waals surface area contributed by atoms with Crippen LogP contribution in [0.15, 0.2) is 59.8 Å². The monoisotopic (exact) mass is 336 g/mol. The summed E-state index contributed by atoms with van der Waals surface area (Å²) in [5.41, 5.74) is 5.65. The SMILES string of the molecule is Cc1cc(/C=N\NC(=O)c2ccc(F)cc2)c(C)n1-c1ccccn1. The number of carbonyl (C=O) groups is 1. The zero-order chi connectivity index (χ0) is 17.8. The van der Waals surface area contributed by atoms with Crippen LogP contribution in [0.3, 0.4) is 0 Å². The number of rotatable bonds is 4. The quantitative estimate of drug-likeness (QED) is 0.586. The molecule has 0 saturated carbocycles. The van der Waals surface area contributed by atoms with E-state index < -0.39 is 5.91 Å². The molecule has 3 aromatic rings. The van der Waals surface area contributed by atoms with Crippen molar-refractivity contribution >= 4 is 12.1 Å². The van der Waals surface area contributed by atoms with Crippen molar-refractivity contribution in [2.45, 2.75) is 13.8 Å². The average Bonchev–Trinajstić information content (AvgIpc) is 2.90. The minimum atomic E-state index is -0.394. The van der Waals surface area contributed by atoms with Gasteiger partial charge in [-0.1, -0.05) is 6.07 Å². The van der Waals surface area contributed by atoms with Gasteiger partial charge in [0.2, 0.25) is 0 Å². The molecule has 0 unspecified atom stereocenters. The summed E-state index contributed by atoms with van der Waals surface area (Å²) in [7, 11) is 0. The van der Waals surface area contributed by atoms with Crippen molar-refractivity contribution in [3.8, 4) is 5.82 Å². The summed E-state index contributed by atoms with van der Waals surface area (Å²) < 4.78 is 14.9. The second-order valence-electron chi connectivity index (χ2n) is 5.56. The van der Waals surface area contributed by atoms with Crippen LogP contribution in [0.25, 0.3) is 5.82 Å². The summed E-state index contributed by atoms with van der Waals surface area (Å²) in [6.07, 6.45) is 3.33. The number of aromatic nitrogens is 2. The van der Waals surface area contributed by atoms with Gasteiger partial charge in [0.1, 0.15) is 11.6 Å². The largest absolute Gasteiger partial charge is 0.303 e. The zero-order valence-electron chi connectivity index (χ0n) is 13.9. The Bertz CT molecular complexity index is 915. The second-order valence-corrected chi connectivity index (χ2v) is 5.56. The number of nitrogens with one attached hydrogen (secondary N) is 1. The van der Waals surface area contributed by atoms with Crippen LogP contribution in [-0.2, 0) is 0 Å². The van der Waals surface area contributed by atoms with Gasteiger partial charge in [0.05, 0.1) is 6.21 Å². The highest BCUT2D eigenvalue weighted by atomic mass is 19.1. The number of pyridine rings is 1. The molecule has 0 bridgehead atoms. The second kappa shape index (κ2) is 7.09. The molecule has 3 rings (SSSR count). The molecule has 6 heteroatoms. The number of hydrazone groups is 1. The maximum Gasteiger partial charge on any atom is 0.271 e. The highest BCUT2D eigenvalue weighted by Gasteiger charge is 2.10. The van der Waals surface area contributed by atoms with Crippen molar-refractivity contribution in [2.24, 2.45) is 5.10 Å². The van der Waals surface area contributed by atoms with Crippen LogP contribution in [0.5, 0.6) is 0 Å². The lowest BCUT2D eigenvalue weighted by Crippen LogP contribution is -2.17. The van der Waals surface area contributed by atoms with Crippen molar-refractivity contribution < 1.29 is 9.18 Å². The Hall–Kier alpha value is -3.28. The van der Waals surface area contributed by atoms with Crippen LogP contribution in [0.2, 0.25) is 0 Å². The molecule has 25 heavy (non-hydrogen) atoms. The zero-order valence-corrected chi connectivity index (χ0v) is 13.9. The van der Waals surface area contributed by atoms with Crippen molar-refractivity contribution in [1.82, 2.24) is 15.0 Å². The molecule has 5 nitrogen and oxygen atoms in total. The molecule has 0 saturated heterocycles. The normalized spacial score (nSPS) is 11.0. The number of amides is 1. The van der Waals surface area contributed by atoms with Gasteiger partial charge >= 0.3 is 0 Å². The standard InChI is InChI=1S/C19H17FN4O/c1-13-11-16(14(2)24(13)18-5-3-4-10-21-18)12-22-23-19(25)15-6-8-17(20)9-7-15/h3-12H,1-2H3,(H,23,25)/b22-12-. The van der Waals surface area contributed by atoms with Gasteiger partial charge in [-0.3, -0.25) is 4.79 Å². The summed E-state index contributed by atoms with van der Waals surface area (Å²) in [5.74, 6) is 0.0456. The van der Waals surface area contributed by atoms with Gasteiger partial charge < -0.3 is 4.57 Å². The smallest absolute Gasteiger partial charge is 0.271 e. The average molecular weight is 336 g/mol. The van der Waals surface area contributed by atoms with Crippen molar-refractivity contribution in [3.05, 3.63) is 83.1 Å². The van der Waals surface area contributed by atoms with E-state index in [-0.39, 0.29) is 5.82 Å². The van der Waals surface area contributed by atoms with E-state index >= 15 is 0 Å². The highest BCUT2D eigenvalue weighted by molar-refractivity contribution is 5.94. The van der Waals surface area contributed by atoms with Gasteiger partial charge in [-0.2, -0.15) is 5.10 Å². The number of carbonyl (C=O) groups excluding carboxylic acids is 1. The molecular weight excluding hydrogens is 319 g/mol. The van der Waals surface area contributed by atoms with Crippen molar-refractivity contribution in [3.63, 3.8) is 0 Å². The Morgan fingerprint density at radius 1 is 1.20 bits per heavy atom. The first-order valence-electron chi connectivity index (χ1n) is 7.75. The third kappa shape index (κ3) is 3.63. The van der Waals surface area contributed by atoms with Crippen LogP contribution in [-0.4, -0.2) is 21.7 Å². The van der Waals surface area contributed by atoms with Gasteiger partial charge in [0, 0.05) is 28.7 Å². The fraction of sp³-hybridized carbons (Fsp3) is 0.105. The number of benzene rings is 1. The molecule has 0 atom stereocenters. The van der Waals surface area contributed by atoms with Gasteiger partial charge in [0.15, 0.2) is 0 Å². The Morgan fingerprint density at radius 2 is 1.96 bits per heavy atom. The molecule has 2 heterocycles. The molecule has 1 N–H and O–H groups in total. The Kier molecular flexibility index (Phi) is 4.70. The Morgan fingerprint density at radius 3 is 2.64 bits per heavy atom. The van der Waals surface area contributed by atoms with Crippen LogP contribution < -0.4 is 5.43 Å². The summed E-state index contributed by atoms with van der Waals surface area (Å²) in [5, 5.41) is 4.00. The van der Waals surface area contributed by atoms with Crippen molar-refractivity contribution in [2.75, 3.05) is 0 Å². The lowest BCUT2D eigenvalue weighted by Gasteiger charge is -2.07. The summed E-state index contributed by atoms with van der Waals surface area (Å²) in [6, 6.07) is 13.0. The fourth-order valence-electron chi connectivity index (χ4n) is 2.58. The van der Waals surface area contributed by atoms with E-state index in [2.05, 4.69) is 15.5 Å². The Balaban J connectivity index is 1.76. The predicted molar refractivity (Wildman–Crippen MR) is 94.5 cm³/mol. The maximum absolute atomic E-state index is 12.9. The first kappa shape index (κ1) is 16.6. The van der Waals surface area contributed by atoms with Gasteiger partial charge in [-0.15, -0.1) is 0 Å². The molecule has 0 radical (unpaired) electrons. The summed E-state index contributed by atoms with van der Waals surface area (Å²) in [6.45, 7) is 3.95. The van der Waals surface area contributed by atoms with Crippen LogP contribution >= 0.6 is 0 Å². The van der Waals surface area contributed by atoms with Crippen molar-refractivity contribution in [1.29, 1.82) is 0 Å². The van der Waals surface area contributed by atoms with Crippen LogP contribution in [0.1, 0.15) is 27.3 Å². The fourth-order valence-corrected chi connectivity index (χ4v) is 2.58. The number of nitrogens with zero attached hydrogens (tertiary/aromatic N) is 3. The maximum atomic E-state index is 12.9. The molecule has 1 aromatic carbocycles. The van der Waals surface area contributed by atoms with E-state index in [9.17, 15) is 9.18 Å². The van der Waals surface area contributed by atoms with E-state index in [1.54, 1.807) is 12.4 Å². The summed E-state index contributed by atoms with van der Waals surface area (Å²) in [4.78, 5) is 16.3. The molecule has 126 valence electrons. The van der Waals surface area contributed by atoms with E-state index in [4.69, 9.17) is 0 Å². The number of hydrogen-bond acceptors (Lipinski definition) is 3. The topological polar surface area (TPSA) is 59.3 Å². The summed E-state index contributed by atoms with van der Waals surface area (Å²) >= 11 is 0. The minimum absolute atomic E-state index is 0.345. The number of aryl methyl sites for hydroxylation is 1. The molecule has 0 spiro atoms. The minimum Gasteiger partial charge on any atom is -0.303 e. The lowest BCUT2D eigenvalue weighted by molar-refractivity contribution is 0.0955. The first-order chi connectivity index (χ1) is 12.1. The van der Waals surface area contributed by atoms with E-state index in [0.717, 1.165) is 22.8 Å².